The molecule has 1 aromatic carbocycles. The minimum atomic E-state index is -0.191. The van der Waals surface area contributed by atoms with Crippen LogP contribution in [-0.4, -0.2) is 30.5 Å². The van der Waals surface area contributed by atoms with Crippen LogP contribution in [0.5, 0.6) is 0 Å². The van der Waals surface area contributed by atoms with Crippen molar-refractivity contribution in [1.82, 2.24) is 24.5 Å². The Hall–Kier alpha value is -3.48. The van der Waals surface area contributed by atoms with E-state index in [0.29, 0.717) is 11.5 Å². The first-order valence-corrected chi connectivity index (χ1v) is 7.47. The summed E-state index contributed by atoms with van der Waals surface area (Å²) in [6.07, 6.45) is 5.03. The Bertz CT molecular complexity index is 988. The summed E-state index contributed by atoms with van der Waals surface area (Å²) in [4.78, 5) is 16.6. The van der Waals surface area contributed by atoms with Crippen LogP contribution in [0, 0.1) is 0 Å². The molecule has 118 valence electrons. The van der Waals surface area contributed by atoms with E-state index in [4.69, 9.17) is 0 Å². The molecule has 7 nitrogen and oxygen atoms in total. The van der Waals surface area contributed by atoms with Gasteiger partial charge < -0.3 is 5.32 Å². The Morgan fingerprint density at radius 1 is 1.00 bits per heavy atom. The second-order valence-corrected chi connectivity index (χ2v) is 5.23. The number of benzene rings is 1. The number of carbonyl (C=O) groups is 1. The first kappa shape index (κ1) is 14.1. The molecule has 0 atom stereocenters. The summed E-state index contributed by atoms with van der Waals surface area (Å²) in [5, 5.41) is 12.2. The van der Waals surface area contributed by atoms with Gasteiger partial charge in [0.05, 0.1) is 18.1 Å². The van der Waals surface area contributed by atoms with Gasteiger partial charge in [-0.15, -0.1) is 0 Å². The standard InChI is InChI=1S/C17H14N6O/c24-16(12-22-17-13(11-20-22)5-4-9-18-17)21-15-8-10-19-23(15)14-6-2-1-3-7-14/h1-11H,12H2,(H,21,24). The Morgan fingerprint density at radius 3 is 2.75 bits per heavy atom. The molecule has 0 aliphatic heterocycles. The molecular formula is C17H14N6O. The molecule has 3 aromatic heterocycles. The van der Waals surface area contributed by atoms with Crippen molar-refractivity contribution in [2.45, 2.75) is 6.54 Å². The normalized spacial score (nSPS) is 10.8. The van der Waals surface area contributed by atoms with Crippen LogP contribution in [-0.2, 0) is 11.3 Å². The average Bonchev–Trinajstić information content (AvgIpc) is 3.23. The Kier molecular flexibility index (Phi) is 3.51. The zero-order valence-electron chi connectivity index (χ0n) is 12.7. The summed E-state index contributed by atoms with van der Waals surface area (Å²) in [6.45, 7) is 0.0838. The van der Waals surface area contributed by atoms with Crippen molar-refractivity contribution in [1.29, 1.82) is 0 Å². The van der Waals surface area contributed by atoms with Gasteiger partial charge in [-0.1, -0.05) is 18.2 Å². The molecule has 0 aliphatic carbocycles. The molecule has 0 radical (unpaired) electrons. The number of hydrogen-bond donors (Lipinski definition) is 1. The van der Waals surface area contributed by atoms with Crippen LogP contribution < -0.4 is 5.32 Å². The third-order valence-corrected chi connectivity index (χ3v) is 3.60. The maximum absolute atomic E-state index is 12.4. The van der Waals surface area contributed by atoms with Gasteiger partial charge in [-0.25, -0.2) is 14.3 Å². The van der Waals surface area contributed by atoms with E-state index in [1.807, 2.05) is 42.5 Å². The molecule has 0 aliphatic rings. The monoisotopic (exact) mass is 318 g/mol. The van der Waals surface area contributed by atoms with E-state index in [0.717, 1.165) is 11.1 Å². The summed E-state index contributed by atoms with van der Waals surface area (Å²) in [6, 6.07) is 15.1. The molecule has 4 rings (SSSR count). The number of hydrogen-bond acceptors (Lipinski definition) is 4. The predicted octanol–water partition coefficient (Wildman–Crippen LogP) is 2.26. The maximum Gasteiger partial charge on any atom is 0.247 e. The lowest BCUT2D eigenvalue weighted by atomic mass is 10.3. The van der Waals surface area contributed by atoms with E-state index >= 15 is 0 Å². The van der Waals surface area contributed by atoms with Crippen molar-refractivity contribution in [3.63, 3.8) is 0 Å². The summed E-state index contributed by atoms with van der Waals surface area (Å²) in [7, 11) is 0. The Balaban J connectivity index is 1.54. The van der Waals surface area contributed by atoms with Gasteiger partial charge in [0.15, 0.2) is 5.65 Å². The average molecular weight is 318 g/mol. The van der Waals surface area contributed by atoms with Crippen molar-refractivity contribution in [3.8, 4) is 5.69 Å². The van der Waals surface area contributed by atoms with E-state index in [1.54, 1.807) is 34.0 Å². The minimum Gasteiger partial charge on any atom is -0.309 e. The maximum atomic E-state index is 12.4. The first-order chi connectivity index (χ1) is 11.8. The number of aromatic nitrogens is 5. The fraction of sp³-hybridized carbons (Fsp3) is 0.0588. The van der Waals surface area contributed by atoms with E-state index in [2.05, 4.69) is 20.5 Å². The third kappa shape index (κ3) is 2.63. The lowest BCUT2D eigenvalue weighted by Crippen LogP contribution is -2.21. The lowest BCUT2D eigenvalue weighted by molar-refractivity contribution is -0.116. The van der Waals surface area contributed by atoms with Crippen molar-refractivity contribution in [3.05, 3.63) is 67.1 Å². The van der Waals surface area contributed by atoms with Crippen molar-refractivity contribution >= 4 is 22.8 Å². The molecular weight excluding hydrogens is 304 g/mol. The minimum absolute atomic E-state index is 0.0838. The molecule has 24 heavy (non-hydrogen) atoms. The van der Waals surface area contributed by atoms with Gasteiger partial charge in [-0.05, 0) is 24.3 Å². The van der Waals surface area contributed by atoms with Gasteiger partial charge in [0.2, 0.25) is 5.91 Å². The van der Waals surface area contributed by atoms with Gasteiger partial charge in [-0.3, -0.25) is 4.79 Å². The van der Waals surface area contributed by atoms with Crippen LogP contribution in [0.4, 0.5) is 5.82 Å². The zero-order chi connectivity index (χ0) is 16.4. The molecule has 0 saturated carbocycles. The zero-order valence-corrected chi connectivity index (χ0v) is 12.7. The van der Waals surface area contributed by atoms with Crippen LogP contribution in [0.25, 0.3) is 16.7 Å². The van der Waals surface area contributed by atoms with Crippen molar-refractivity contribution in [2.75, 3.05) is 5.32 Å². The van der Waals surface area contributed by atoms with Crippen LogP contribution in [0.15, 0.2) is 67.1 Å². The second kappa shape index (κ2) is 5.96. The molecule has 3 heterocycles. The highest BCUT2D eigenvalue weighted by molar-refractivity contribution is 5.90. The smallest absolute Gasteiger partial charge is 0.247 e. The predicted molar refractivity (Wildman–Crippen MR) is 89.7 cm³/mol. The third-order valence-electron chi connectivity index (χ3n) is 3.60. The highest BCUT2D eigenvalue weighted by Crippen LogP contribution is 2.15. The lowest BCUT2D eigenvalue weighted by Gasteiger charge is -2.09. The topological polar surface area (TPSA) is 77.6 Å². The van der Waals surface area contributed by atoms with Gasteiger partial charge in [0.1, 0.15) is 12.4 Å². The molecule has 0 spiro atoms. The molecule has 7 heteroatoms. The molecule has 4 aromatic rings. The molecule has 0 saturated heterocycles. The summed E-state index contributed by atoms with van der Waals surface area (Å²) in [5.41, 5.74) is 1.56. The largest absolute Gasteiger partial charge is 0.309 e. The van der Waals surface area contributed by atoms with E-state index in [1.165, 1.54) is 0 Å². The van der Waals surface area contributed by atoms with Gasteiger partial charge in [0.25, 0.3) is 0 Å². The second-order valence-electron chi connectivity index (χ2n) is 5.23. The number of nitrogens with one attached hydrogen (secondary N) is 1. The quantitative estimate of drug-likeness (QED) is 0.626. The SMILES string of the molecule is O=C(Cn1ncc2cccnc21)Nc1ccnn1-c1ccccc1. The molecule has 0 bridgehead atoms. The number of amides is 1. The highest BCUT2D eigenvalue weighted by Gasteiger charge is 2.11. The summed E-state index contributed by atoms with van der Waals surface area (Å²) < 4.78 is 3.26. The van der Waals surface area contributed by atoms with E-state index in [9.17, 15) is 4.79 Å². The number of fused-ring (bicyclic) bond motifs is 1. The van der Waals surface area contributed by atoms with Gasteiger partial charge >= 0.3 is 0 Å². The number of para-hydroxylation sites is 1. The van der Waals surface area contributed by atoms with E-state index < -0.39 is 0 Å². The highest BCUT2D eigenvalue weighted by atomic mass is 16.2. The Morgan fingerprint density at radius 2 is 1.88 bits per heavy atom. The van der Waals surface area contributed by atoms with Crippen molar-refractivity contribution < 1.29 is 4.79 Å². The number of rotatable bonds is 4. The summed E-state index contributed by atoms with van der Waals surface area (Å²) >= 11 is 0. The number of pyridine rings is 1. The van der Waals surface area contributed by atoms with Crippen LogP contribution in [0.2, 0.25) is 0 Å². The molecule has 0 fully saturated rings. The number of nitrogens with zero attached hydrogens (tertiary/aromatic N) is 5. The van der Waals surface area contributed by atoms with E-state index in [-0.39, 0.29) is 12.5 Å². The van der Waals surface area contributed by atoms with Crippen LogP contribution in [0.3, 0.4) is 0 Å². The number of anilines is 1. The number of carbonyl (C=O) groups excluding carboxylic acids is 1. The van der Waals surface area contributed by atoms with Crippen LogP contribution >= 0.6 is 0 Å². The Labute approximate surface area is 137 Å². The molecule has 1 N–H and O–H groups in total. The fourth-order valence-corrected chi connectivity index (χ4v) is 2.52. The molecule has 1 amide bonds. The summed E-state index contributed by atoms with van der Waals surface area (Å²) in [5.74, 6) is 0.416. The molecule has 0 unspecified atom stereocenters. The first-order valence-electron chi connectivity index (χ1n) is 7.47. The van der Waals surface area contributed by atoms with Gasteiger partial charge in [-0.2, -0.15) is 10.2 Å². The van der Waals surface area contributed by atoms with Crippen LogP contribution in [0.1, 0.15) is 0 Å². The fourth-order valence-electron chi connectivity index (χ4n) is 2.52. The van der Waals surface area contributed by atoms with Gasteiger partial charge in [0, 0.05) is 17.6 Å². The van der Waals surface area contributed by atoms with Crippen molar-refractivity contribution in [2.24, 2.45) is 0 Å².